The van der Waals surface area contributed by atoms with Gasteiger partial charge in [0.25, 0.3) is 5.91 Å². The molecule has 0 saturated carbocycles. The molecule has 3 rings (SSSR count). The summed E-state index contributed by atoms with van der Waals surface area (Å²) in [6.07, 6.45) is 3.88. The van der Waals surface area contributed by atoms with Gasteiger partial charge in [0.2, 0.25) is 0 Å². The van der Waals surface area contributed by atoms with Crippen molar-refractivity contribution in [2.45, 2.75) is 32.7 Å². The van der Waals surface area contributed by atoms with E-state index in [1.54, 1.807) is 0 Å². The maximum atomic E-state index is 12.9. The zero-order chi connectivity index (χ0) is 16.9. The summed E-state index contributed by atoms with van der Waals surface area (Å²) in [5.41, 5.74) is 1.93. The number of pyridine rings is 1. The smallest absolute Gasteiger partial charge is 0.254 e. The predicted octanol–water partition coefficient (Wildman–Crippen LogP) is 3.91. The number of hydrogen-bond donors (Lipinski definition) is 0. The van der Waals surface area contributed by atoms with Crippen molar-refractivity contribution < 1.29 is 4.79 Å². The van der Waals surface area contributed by atoms with Crippen LogP contribution in [0.4, 0.5) is 5.82 Å². The SMILES string of the molecule is CCN(CC)c1ncccc1C1CCCN1C(=O)c1ccccc1. The van der Waals surface area contributed by atoms with Crippen molar-refractivity contribution in [2.75, 3.05) is 24.5 Å². The van der Waals surface area contributed by atoms with E-state index >= 15 is 0 Å². The lowest BCUT2D eigenvalue weighted by Crippen LogP contribution is -2.32. The molecule has 1 aromatic heterocycles. The maximum absolute atomic E-state index is 12.9. The van der Waals surface area contributed by atoms with E-state index < -0.39 is 0 Å². The number of likely N-dealkylation sites (tertiary alicyclic amines) is 1. The second-order valence-electron chi connectivity index (χ2n) is 6.11. The van der Waals surface area contributed by atoms with Gasteiger partial charge < -0.3 is 9.80 Å². The summed E-state index contributed by atoms with van der Waals surface area (Å²) in [6, 6.07) is 13.8. The Hall–Kier alpha value is -2.36. The van der Waals surface area contributed by atoms with Gasteiger partial charge in [0.15, 0.2) is 0 Å². The molecule has 1 unspecified atom stereocenters. The highest BCUT2D eigenvalue weighted by atomic mass is 16.2. The lowest BCUT2D eigenvalue weighted by atomic mass is 10.0. The molecular formula is C20H25N3O. The molecule has 0 N–H and O–H groups in total. The minimum Gasteiger partial charge on any atom is -0.357 e. The van der Waals surface area contributed by atoms with Gasteiger partial charge in [-0.25, -0.2) is 4.98 Å². The Morgan fingerprint density at radius 1 is 1.17 bits per heavy atom. The number of aromatic nitrogens is 1. The maximum Gasteiger partial charge on any atom is 0.254 e. The average molecular weight is 323 g/mol. The first-order valence-electron chi connectivity index (χ1n) is 8.82. The number of hydrogen-bond acceptors (Lipinski definition) is 3. The Morgan fingerprint density at radius 3 is 2.62 bits per heavy atom. The van der Waals surface area contributed by atoms with Crippen molar-refractivity contribution in [2.24, 2.45) is 0 Å². The summed E-state index contributed by atoms with van der Waals surface area (Å²) < 4.78 is 0. The third-order valence-corrected chi connectivity index (χ3v) is 4.77. The number of amides is 1. The van der Waals surface area contributed by atoms with Gasteiger partial charge in [0, 0.05) is 37.0 Å². The first-order valence-corrected chi connectivity index (χ1v) is 8.82. The van der Waals surface area contributed by atoms with Crippen LogP contribution in [-0.4, -0.2) is 35.4 Å². The first-order chi connectivity index (χ1) is 11.8. The molecule has 1 aliphatic heterocycles. The van der Waals surface area contributed by atoms with Gasteiger partial charge in [-0.15, -0.1) is 0 Å². The second kappa shape index (κ2) is 7.47. The molecule has 0 radical (unpaired) electrons. The highest BCUT2D eigenvalue weighted by Gasteiger charge is 2.32. The Balaban J connectivity index is 1.93. The van der Waals surface area contributed by atoms with Gasteiger partial charge in [-0.3, -0.25) is 4.79 Å². The summed E-state index contributed by atoms with van der Waals surface area (Å²) >= 11 is 0. The van der Waals surface area contributed by atoms with E-state index in [0.717, 1.165) is 43.9 Å². The molecule has 24 heavy (non-hydrogen) atoms. The van der Waals surface area contributed by atoms with Crippen molar-refractivity contribution in [3.05, 3.63) is 59.8 Å². The van der Waals surface area contributed by atoms with Crippen LogP contribution in [0, 0.1) is 0 Å². The molecular weight excluding hydrogens is 298 g/mol. The van der Waals surface area contributed by atoms with Crippen LogP contribution in [0.15, 0.2) is 48.7 Å². The molecule has 126 valence electrons. The Labute approximate surface area is 144 Å². The fourth-order valence-corrected chi connectivity index (χ4v) is 3.54. The third-order valence-electron chi connectivity index (χ3n) is 4.77. The van der Waals surface area contributed by atoms with E-state index in [1.165, 1.54) is 5.56 Å². The third kappa shape index (κ3) is 3.14. The lowest BCUT2D eigenvalue weighted by Gasteiger charge is -2.30. The summed E-state index contributed by atoms with van der Waals surface area (Å²) in [4.78, 5) is 21.8. The van der Waals surface area contributed by atoms with Crippen molar-refractivity contribution in [1.29, 1.82) is 0 Å². The second-order valence-corrected chi connectivity index (χ2v) is 6.11. The van der Waals surface area contributed by atoms with Crippen molar-refractivity contribution in [3.63, 3.8) is 0 Å². The minimum atomic E-state index is 0.113. The van der Waals surface area contributed by atoms with Crippen LogP contribution in [0.3, 0.4) is 0 Å². The van der Waals surface area contributed by atoms with Crippen molar-refractivity contribution in [3.8, 4) is 0 Å². The molecule has 1 aliphatic rings. The van der Waals surface area contributed by atoms with E-state index in [-0.39, 0.29) is 11.9 Å². The average Bonchev–Trinajstić information content (AvgIpc) is 3.13. The first kappa shape index (κ1) is 16.5. The Bertz CT molecular complexity index is 682. The minimum absolute atomic E-state index is 0.113. The molecule has 1 amide bonds. The van der Waals surface area contributed by atoms with Gasteiger partial charge in [-0.1, -0.05) is 24.3 Å². The summed E-state index contributed by atoms with van der Waals surface area (Å²) in [6.45, 7) is 6.93. The number of carbonyl (C=O) groups is 1. The van der Waals surface area contributed by atoms with Gasteiger partial charge >= 0.3 is 0 Å². The van der Waals surface area contributed by atoms with Crippen LogP contribution in [0.1, 0.15) is 48.7 Å². The van der Waals surface area contributed by atoms with E-state index in [9.17, 15) is 4.79 Å². The van der Waals surface area contributed by atoms with Crippen LogP contribution >= 0.6 is 0 Å². The molecule has 1 fully saturated rings. The van der Waals surface area contributed by atoms with Crippen LogP contribution < -0.4 is 4.90 Å². The van der Waals surface area contributed by atoms with Crippen LogP contribution in [-0.2, 0) is 0 Å². The van der Waals surface area contributed by atoms with Gasteiger partial charge in [-0.05, 0) is 44.9 Å². The number of rotatable bonds is 5. The molecule has 2 aromatic rings. The highest BCUT2D eigenvalue weighted by Crippen LogP contribution is 2.37. The molecule has 1 saturated heterocycles. The van der Waals surface area contributed by atoms with Gasteiger partial charge in [-0.2, -0.15) is 0 Å². The molecule has 4 heteroatoms. The number of anilines is 1. The summed E-state index contributed by atoms with van der Waals surface area (Å²) in [7, 11) is 0. The van der Waals surface area contributed by atoms with Gasteiger partial charge in [0.1, 0.15) is 5.82 Å². The zero-order valence-corrected chi connectivity index (χ0v) is 14.5. The predicted molar refractivity (Wildman–Crippen MR) is 97.3 cm³/mol. The monoisotopic (exact) mass is 323 g/mol. The largest absolute Gasteiger partial charge is 0.357 e. The van der Waals surface area contributed by atoms with Crippen molar-refractivity contribution in [1.82, 2.24) is 9.88 Å². The number of nitrogens with zero attached hydrogens (tertiary/aromatic N) is 3. The number of benzene rings is 1. The standard InChI is InChI=1S/C20H25N3O/c1-3-22(4-2)19-17(12-8-14-21-19)18-13-9-15-23(18)20(24)16-10-6-5-7-11-16/h5-8,10-12,14,18H,3-4,9,13,15H2,1-2H3. The summed E-state index contributed by atoms with van der Waals surface area (Å²) in [5.74, 6) is 1.13. The van der Waals surface area contributed by atoms with Gasteiger partial charge in [0.05, 0.1) is 6.04 Å². The molecule has 0 bridgehead atoms. The normalized spacial score (nSPS) is 17.1. The van der Waals surface area contributed by atoms with E-state index in [0.29, 0.717) is 0 Å². The fourth-order valence-electron chi connectivity index (χ4n) is 3.54. The highest BCUT2D eigenvalue weighted by molar-refractivity contribution is 5.94. The van der Waals surface area contributed by atoms with Crippen molar-refractivity contribution >= 4 is 11.7 Å². The van der Waals surface area contributed by atoms with Crippen LogP contribution in [0.2, 0.25) is 0 Å². The molecule has 0 spiro atoms. The zero-order valence-electron chi connectivity index (χ0n) is 14.5. The molecule has 2 heterocycles. The number of carbonyl (C=O) groups excluding carboxylic acids is 1. The molecule has 1 atom stereocenters. The van der Waals surface area contributed by atoms with Crippen LogP contribution in [0.25, 0.3) is 0 Å². The molecule has 0 aliphatic carbocycles. The molecule has 4 nitrogen and oxygen atoms in total. The topological polar surface area (TPSA) is 36.4 Å². The summed E-state index contributed by atoms with van der Waals surface area (Å²) in [5, 5.41) is 0. The Morgan fingerprint density at radius 2 is 1.92 bits per heavy atom. The fraction of sp³-hybridized carbons (Fsp3) is 0.400. The van der Waals surface area contributed by atoms with E-state index in [2.05, 4.69) is 29.8 Å². The quantitative estimate of drug-likeness (QED) is 0.837. The lowest BCUT2D eigenvalue weighted by molar-refractivity contribution is 0.0736. The van der Waals surface area contributed by atoms with E-state index in [1.807, 2.05) is 47.5 Å². The Kier molecular flexibility index (Phi) is 5.14. The van der Waals surface area contributed by atoms with Crippen LogP contribution in [0.5, 0.6) is 0 Å². The molecule has 1 aromatic carbocycles. The van der Waals surface area contributed by atoms with E-state index in [4.69, 9.17) is 0 Å².